The first-order valence-corrected chi connectivity index (χ1v) is 7.52. The number of rotatable bonds is 6. The Labute approximate surface area is 133 Å². The Balaban J connectivity index is 2.02. The quantitative estimate of drug-likeness (QED) is 0.674. The lowest BCUT2D eigenvalue weighted by atomic mass is 9.80. The van der Waals surface area contributed by atoms with Gasteiger partial charge in [-0.05, 0) is 42.9 Å². The predicted octanol–water partition coefficient (Wildman–Crippen LogP) is 0.851. The Morgan fingerprint density at radius 2 is 1.87 bits per heavy atom. The van der Waals surface area contributed by atoms with Crippen LogP contribution in [0.5, 0.6) is 0 Å². The summed E-state index contributed by atoms with van der Waals surface area (Å²) in [5, 5.41) is 27.0. The van der Waals surface area contributed by atoms with Crippen molar-refractivity contribution in [1.82, 2.24) is 4.90 Å². The molecule has 3 N–H and O–H groups in total. The number of amides is 1. The molecule has 2 rings (SSSR count). The summed E-state index contributed by atoms with van der Waals surface area (Å²) < 4.78 is 12.9. The molecule has 2 unspecified atom stereocenters. The van der Waals surface area contributed by atoms with Crippen LogP contribution in [0.3, 0.4) is 0 Å². The highest BCUT2D eigenvalue weighted by atomic mass is 19.1. The van der Waals surface area contributed by atoms with Crippen molar-refractivity contribution in [2.45, 2.75) is 19.2 Å². The predicted molar refractivity (Wildman–Crippen MR) is 81.2 cm³/mol. The van der Waals surface area contributed by atoms with Crippen LogP contribution in [0.4, 0.5) is 4.39 Å². The number of halogens is 1. The molecule has 1 saturated heterocycles. The van der Waals surface area contributed by atoms with E-state index in [4.69, 9.17) is 10.0 Å². The highest BCUT2D eigenvalue weighted by molar-refractivity contribution is 6.40. The Morgan fingerprint density at radius 1 is 1.22 bits per heavy atom. The molecule has 1 aliphatic rings. The topological polar surface area (TPSA) is 98.1 Å². The van der Waals surface area contributed by atoms with Gasteiger partial charge in [0, 0.05) is 18.7 Å². The standard InChI is InChI=1S/C15H19BFNO5/c17-12-5-3-10(4-6-12)14(19)18-8-11(2-1-7-16(22)23)13(9-18)15(20)21/h3-6,11,13,22-23H,1-2,7-9H2,(H,20,21). The highest BCUT2D eigenvalue weighted by Crippen LogP contribution is 2.29. The number of hydrogen-bond donors (Lipinski definition) is 3. The van der Waals surface area contributed by atoms with E-state index in [1.165, 1.54) is 29.2 Å². The van der Waals surface area contributed by atoms with Crippen LogP contribution in [-0.4, -0.2) is 52.1 Å². The molecule has 1 heterocycles. The molecule has 0 spiro atoms. The van der Waals surface area contributed by atoms with E-state index < -0.39 is 24.8 Å². The maximum absolute atomic E-state index is 12.9. The molecule has 0 bridgehead atoms. The minimum atomic E-state index is -1.41. The maximum Gasteiger partial charge on any atom is 0.451 e. The van der Waals surface area contributed by atoms with Crippen LogP contribution >= 0.6 is 0 Å². The molecule has 0 aromatic heterocycles. The largest absolute Gasteiger partial charge is 0.481 e. The van der Waals surface area contributed by atoms with Crippen molar-refractivity contribution in [3.63, 3.8) is 0 Å². The van der Waals surface area contributed by atoms with Crippen molar-refractivity contribution < 1.29 is 29.1 Å². The summed E-state index contributed by atoms with van der Waals surface area (Å²) >= 11 is 0. The lowest BCUT2D eigenvalue weighted by molar-refractivity contribution is -0.142. The van der Waals surface area contributed by atoms with Gasteiger partial charge in [-0.2, -0.15) is 0 Å². The zero-order valence-electron chi connectivity index (χ0n) is 12.6. The molecule has 2 atom stereocenters. The molecule has 1 aliphatic heterocycles. The molecule has 0 saturated carbocycles. The van der Waals surface area contributed by atoms with Crippen molar-refractivity contribution >= 4 is 19.0 Å². The third-order valence-corrected chi connectivity index (χ3v) is 4.17. The Hall–Kier alpha value is -1.93. The van der Waals surface area contributed by atoms with Gasteiger partial charge in [-0.25, -0.2) is 4.39 Å². The normalized spacial score (nSPS) is 20.6. The first-order chi connectivity index (χ1) is 10.9. The fourth-order valence-electron chi connectivity index (χ4n) is 2.95. The van der Waals surface area contributed by atoms with Gasteiger partial charge in [0.15, 0.2) is 0 Å². The summed E-state index contributed by atoms with van der Waals surface area (Å²) in [5.74, 6) is -2.62. The minimum Gasteiger partial charge on any atom is -0.481 e. The van der Waals surface area contributed by atoms with E-state index in [0.29, 0.717) is 24.9 Å². The molecule has 1 fully saturated rings. The van der Waals surface area contributed by atoms with Crippen LogP contribution in [0.25, 0.3) is 0 Å². The number of carbonyl (C=O) groups is 2. The van der Waals surface area contributed by atoms with E-state index in [2.05, 4.69) is 0 Å². The van der Waals surface area contributed by atoms with Gasteiger partial charge in [-0.1, -0.05) is 6.42 Å². The Kier molecular flexibility index (Phi) is 5.73. The smallest absolute Gasteiger partial charge is 0.451 e. The summed E-state index contributed by atoms with van der Waals surface area (Å²) in [4.78, 5) is 25.2. The van der Waals surface area contributed by atoms with E-state index in [9.17, 15) is 19.1 Å². The van der Waals surface area contributed by atoms with Crippen LogP contribution < -0.4 is 0 Å². The van der Waals surface area contributed by atoms with Crippen molar-refractivity contribution in [2.24, 2.45) is 11.8 Å². The van der Waals surface area contributed by atoms with Crippen LogP contribution in [0, 0.1) is 17.7 Å². The molecule has 0 aliphatic carbocycles. The second-order valence-corrected chi connectivity index (χ2v) is 5.83. The maximum atomic E-state index is 12.9. The number of benzene rings is 1. The lowest BCUT2D eigenvalue weighted by Crippen LogP contribution is -2.29. The average Bonchev–Trinajstić information content (AvgIpc) is 2.91. The van der Waals surface area contributed by atoms with Crippen molar-refractivity contribution in [2.75, 3.05) is 13.1 Å². The number of hydrogen-bond acceptors (Lipinski definition) is 4. The van der Waals surface area contributed by atoms with Gasteiger partial charge in [0.2, 0.25) is 0 Å². The number of carbonyl (C=O) groups excluding carboxylic acids is 1. The summed E-state index contributed by atoms with van der Waals surface area (Å²) in [5.41, 5.74) is 0.321. The molecule has 124 valence electrons. The van der Waals surface area contributed by atoms with E-state index in [0.717, 1.165) is 0 Å². The van der Waals surface area contributed by atoms with Gasteiger partial charge < -0.3 is 20.1 Å². The zero-order valence-corrected chi connectivity index (χ0v) is 12.6. The van der Waals surface area contributed by atoms with E-state index in [-0.39, 0.29) is 24.7 Å². The first kappa shape index (κ1) is 17.4. The van der Waals surface area contributed by atoms with E-state index >= 15 is 0 Å². The molecular weight excluding hydrogens is 304 g/mol. The second-order valence-electron chi connectivity index (χ2n) is 5.83. The van der Waals surface area contributed by atoms with Crippen molar-refractivity contribution in [3.8, 4) is 0 Å². The molecule has 1 aromatic carbocycles. The highest BCUT2D eigenvalue weighted by Gasteiger charge is 2.39. The third kappa shape index (κ3) is 4.52. The van der Waals surface area contributed by atoms with Crippen molar-refractivity contribution in [1.29, 1.82) is 0 Å². The van der Waals surface area contributed by atoms with Crippen LogP contribution in [-0.2, 0) is 4.79 Å². The fourth-order valence-corrected chi connectivity index (χ4v) is 2.95. The lowest BCUT2D eigenvalue weighted by Gasteiger charge is -2.16. The molecule has 1 amide bonds. The molecule has 6 nitrogen and oxygen atoms in total. The summed E-state index contributed by atoms with van der Waals surface area (Å²) in [7, 11) is -1.41. The number of likely N-dealkylation sites (tertiary alicyclic amines) is 1. The minimum absolute atomic E-state index is 0.109. The monoisotopic (exact) mass is 323 g/mol. The Bertz CT molecular complexity index is 565. The van der Waals surface area contributed by atoms with E-state index in [1.54, 1.807) is 0 Å². The molecule has 1 aromatic rings. The molecular formula is C15H19BFNO5. The van der Waals surface area contributed by atoms with Gasteiger partial charge in [-0.3, -0.25) is 9.59 Å². The SMILES string of the molecule is O=C(O)C1CN(C(=O)c2ccc(F)cc2)CC1CCCB(O)O. The molecule has 0 radical (unpaired) electrons. The van der Waals surface area contributed by atoms with Gasteiger partial charge in [0.25, 0.3) is 5.91 Å². The third-order valence-electron chi connectivity index (χ3n) is 4.17. The van der Waals surface area contributed by atoms with Crippen LogP contribution in [0.1, 0.15) is 23.2 Å². The van der Waals surface area contributed by atoms with Gasteiger partial charge in [-0.15, -0.1) is 0 Å². The van der Waals surface area contributed by atoms with Gasteiger partial charge >= 0.3 is 13.1 Å². The fraction of sp³-hybridized carbons (Fsp3) is 0.467. The van der Waals surface area contributed by atoms with Gasteiger partial charge in [0.1, 0.15) is 5.82 Å². The number of aliphatic carboxylic acids is 1. The van der Waals surface area contributed by atoms with E-state index in [1.807, 2.05) is 0 Å². The summed E-state index contributed by atoms with van der Waals surface area (Å²) in [6, 6.07) is 5.14. The molecule has 8 heteroatoms. The number of carboxylic acids is 1. The number of nitrogens with zero attached hydrogens (tertiary/aromatic N) is 1. The van der Waals surface area contributed by atoms with Crippen molar-refractivity contribution in [3.05, 3.63) is 35.6 Å². The second kappa shape index (κ2) is 7.56. The first-order valence-electron chi connectivity index (χ1n) is 7.52. The number of carboxylic acid groups (broad SMARTS) is 1. The van der Waals surface area contributed by atoms with Crippen LogP contribution in [0.15, 0.2) is 24.3 Å². The van der Waals surface area contributed by atoms with Crippen LogP contribution in [0.2, 0.25) is 6.32 Å². The average molecular weight is 323 g/mol. The molecule has 23 heavy (non-hydrogen) atoms. The van der Waals surface area contributed by atoms with Gasteiger partial charge in [0.05, 0.1) is 5.92 Å². The zero-order chi connectivity index (χ0) is 17.0. The Morgan fingerprint density at radius 3 is 2.43 bits per heavy atom. The summed E-state index contributed by atoms with van der Waals surface area (Å²) in [6.45, 7) is 0.409. The summed E-state index contributed by atoms with van der Waals surface area (Å²) in [6.07, 6.45) is 1.15.